The van der Waals surface area contributed by atoms with E-state index in [0.29, 0.717) is 36.5 Å². The van der Waals surface area contributed by atoms with Gasteiger partial charge in [-0.15, -0.1) is 0 Å². The summed E-state index contributed by atoms with van der Waals surface area (Å²) in [7, 11) is 0. The zero-order valence-electron chi connectivity index (χ0n) is 17.1. The number of carboxylic acid groups (broad SMARTS) is 1. The van der Waals surface area contributed by atoms with Gasteiger partial charge in [0.1, 0.15) is 12.4 Å². The number of likely N-dealkylation sites (tertiary alicyclic amines) is 1. The second-order valence-corrected chi connectivity index (χ2v) is 8.23. The highest BCUT2D eigenvalue weighted by atomic mass is 35.5. The molecule has 0 spiro atoms. The van der Waals surface area contributed by atoms with Crippen LogP contribution in [0.3, 0.4) is 0 Å². The number of nitrogens with one attached hydrogen (secondary N) is 1. The number of alkyl halides is 3. The summed E-state index contributed by atoms with van der Waals surface area (Å²) >= 11 is 11.9. The van der Waals surface area contributed by atoms with E-state index in [1.54, 1.807) is 11.0 Å². The first kappa shape index (κ1) is 27.0. The fourth-order valence-electron chi connectivity index (χ4n) is 3.41. The molecular weight excluding hydrogens is 494 g/mol. The first-order valence-corrected chi connectivity index (χ1v) is 10.5. The molecule has 2 saturated heterocycles. The van der Waals surface area contributed by atoms with Crippen molar-refractivity contribution in [1.82, 2.24) is 10.2 Å². The summed E-state index contributed by atoms with van der Waals surface area (Å²) in [5.41, 5.74) is 6.89. The molecule has 2 fully saturated rings. The van der Waals surface area contributed by atoms with Crippen molar-refractivity contribution in [3.8, 4) is 5.75 Å². The summed E-state index contributed by atoms with van der Waals surface area (Å²) in [6.45, 7) is 1.21. The summed E-state index contributed by atoms with van der Waals surface area (Å²) in [6, 6.07) is 2.60. The quantitative estimate of drug-likeness (QED) is 0.482. The predicted molar refractivity (Wildman–Crippen MR) is 111 cm³/mol. The van der Waals surface area contributed by atoms with Crippen LogP contribution in [0.15, 0.2) is 12.1 Å². The second kappa shape index (κ2) is 11.2. The van der Waals surface area contributed by atoms with Gasteiger partial charge in [0.25, 0.3) is 5.91 Å². The van der Waals surface area contributed by atoms with Crippen molar-refractivity contribution >= 4 is 41.0 Å². The van der Waals surface area contributed by atoms with Crippen LogP contribution in [0.25, 0.3) is 0 Å². The number of piperidine rings is 1. The van der Waals surface area contributed by atoms with Crippen molar-refractivity contribution in [1.29, 1.82) is 0 Å². The third kappa shape index (κ3) is 7.36. The number of phenolic OH excluding ortho intramolecular Hbond substituents is 1. The molecule has 2 atom stereocenters. The average molecular weight is 516 g/mol. The molecule has 5 N–H and O–H groups in total. The minimum atomic E-state index is -5.08. The monoisotopic (exact) mass is 515 g/mol. The lowest BCUT2D eigenvalue weighted by molar-refractivity contribution is -0.192. The number of hydrogen-bond donors (Lipinski definition) is 4. The Kier molecular flexibility index (Phi) is 9.18. The molecule has 3 rings (SSSR count). The van der Waals surface area contributed by atoms with E-state index >= 15 is 0 Å². The second-order valence-electron chi connectivity index (χ2n) is 7.42. The van der Waals surface area contributed by atoms with Crippen molar-refractivity contribution in [3.63, 3.8) is 0 Å². The van der Waals surface area contributed by atoms with Crippen molar-refractivity contribution < 1.29 is 42.5 Å². The molecule has 0 unspecified atom stereocenters. The molecule has 0 bridgehead atoms. The highest BCUT2D eigenvalue weighted by Crippen LogP contribution is 2.37. The van der Waals surface area contributed by atoms with Crippen LogP contribution in [0.2, 0.25) is 10.0 Å². The Morgan fingerprint density at radius 2 is 1.76 bits per heavy atom. The van der Waals surface area contributed by atoms with Crippen molar-refractivity contribution in [2.75, 3.05) is 26.2 Å². The number of nitrogens with zero attached hydrogens (tertiary/aromatic N) is 1. The van der Waals surface area contributed by atoms with E-state index in [1.807, 2.05) is 0 Å². The number of aliphatic carboxylic acids is 1. The molecular formula is C19H22Cl2F3N3O6. The van der Waals surface area contributed by atoms with Crippen LogP contribution in [0.5, 0.6) is 5.75 Å². The highest BCUT2D eigenvalue weighted by Gasteiger charge is 2.38. The summed E-state index contributed by atoms with van der Waals surface area (Å²) in [5, 5.41) is 20.5. The van der Waals surface area contributed by atoms with E-state index in [0.717, 1.165) is 0 Å². The standard InChI is InChI=1S/C17H21Cl2N3O4.C2HF3O2/c18-11-5-10(13(23)6-12(11)19)16(20)9-1-3-22(4-2-9)17(25)14-7-21-15(24)8-26-14;3-2(4,5)1(6)7/h5-6,9,14,16,23H,1-4,7-8,20H2,(H,21,24);(H,6,7)/t14-,16+;/m0./s1. The zero-order valence-corrected chi connectivity index (χ0v) is 18.6. The van der Waals surface area contributed by atoms with E-state index in [2.05, 4.69) is 5.32 Å². The SMILES string of the molecule is N[C@@H](c1cc(Cl)c(Cl)cc1O)C1CCN(C(=O)[C@@H]2CNC(=O)CO2)CC1.O=C(O)C(F)(F)F. The lowest BCUT2D eigenvalue weighted by Gasteiger charge is -2.37. The number of hydrogen-bond acceptors (Lipinski definition) is 6. The van der Waals surface area contributed by atoms with E-state index in [4.69, 9.17) is 43.6 Å². The van der Waals surface area contributed by atoms with Crippen LogP contribution < -0.4 is 11.1 Å². The number of benzene rings is 1. The third-order valence-corrected chi connectivity index (χ3v) is 5.93. The van der Waals surface area contributed by atoms with Gasteiger partial charge in [-0.2, -0.15) is 13.2 Å². The normalized spacial score (nSPS) is 20.4. The molecule has 0 aromatic heterocycles. The Labute approximate surface area is 196 Å². The molecule has 184 valence electrons. The van der Waals surface area contributed by atoms with Crippen LogP contribution in [-0.2, 0) is 19.1 Å². The third-order valence-electron chi connectivity index (χ3n) is 5.21. The molecule has 33 heavy (non-hydrogen) atoms. The van der Waals surface area contributed by atoms with Gasteiger partial charge in [-0.25, -0.2) is 4.79 Å². The Hall–Kier alpha value is -2.28. The first-order chi connectivity index (χ1) is 15.3. The fraction of sp³-hybridized carbons (Fsp3) is 0.526. The molecule has 0 saturated carbocycles. The lowest BCUT2D eigenvalue weighted by atomic mass is 9.85. The molecule has 2 amide bonds. The maximum Gasteiger partial charge on any atom is 0.490 e. The van der Waals surface area contributed by atoms with E-state index in [9.17, 15) is 27.9 Å². The summed E-state index contributed by atoms with van der Waals surface area (Å²) in [6.07, 6.45) is -4.31. The number of aromatic hydroxyl groups is 1. The van der Waals surface area contributed by atoms with Gasteiger partial charge in [0, 0.05) is 30.8 Å². The molecule has 14 heteroatoms. The molecule has 1 aromatic rings. The van der Waals surface area contributed by atoms with E-state index in [1.165, 1.54) is 6.07 Å². The Bertz CT molecular complexity index is 884. The van der Waals surface area contributed by atoms with Crippen LogP contribution in [0.1, 0.15) is 24.4 Å². The molecule has 1 aromatic carbocycles. The van der Waals surface area contributed by atoms with Gasteiger partial charge >= 0.3 is 12.1 Å². The van der Waals surface area contributed by atoms with Gasteiger partial charge in [-0.3, -0.25) is 9.59 Å². The largest absolute Gasteiger partial charge is 0.508 e. The highest BCUT2D eigenvalue weighted by molar-refractivity contribution is 6.42. The molecule has 9 nitrogen and oxygen atoms in total. The first-order valence-electron chi connectivity index (χ1n) is 9.72. The molecule has 0 radical (unpaired) electrons. The topological polar surface area (TPSA) is 142 Å². The lowest BCUT2D eigenvalue weighted by Crippen LogP contribution is -2.53. The summed E-state index contributed by atoms with van der Waals surface area (Å²) in [5.74, 6) is -2.95. The van der Waals surface area contributed by atoms with Crippen molar-refractivity contribution in [2.24, 2.45) is 11.7 Å². The van der Waals surface area contributed by atoms with Crippen LogP contribution in [0, 0.1) is 5.92 Å². The van der Waals surface area contributed by atoms with Gasteiger partial charge in [-0.05, 0) is 24.8 Å². The molecule has 2 heterocycles. The summed E-state index contributed by atoms with van der Waals surface area (Å²) in [4.78, 5) is 34.2. The number of carboxylic acids is 1. The predicted octanol–water partition coefficient (Wildman–Crippen LogP) is 2.09. The molecule has 2 aliphatic rings. The molecule has 0 aliphatic carbocycles. The number of rotatable bonds is 3. The van der Waals surface area contributed by atoms with Crippen molar-refractivity contribution in [3.05, 3.63) is 27.7 Å². The minimum Gasteiger partial charge on any atom is -0.508 e. The van der Waals surface area contributed by atoms with Crippen LogP contribution in [0.4, 0.5) is 13.2 Å². The smallest absolute Gasteiger partial charge is 0.490 e. The number of ether oxygens (including phenoxy) is 1. The maximum absolute atomic E-state index is 12.5. The Balaban J connectivity index is 0.000000479. The van der Waals surface area contributed by atoms with Gasteiger partial charge < -0.3 is 30.9 Å². The fourth-order valence-corrected chi connectivity index (χ4v) is 3.74. The number of halogens is 5. The number of carbonyl (C=O) groups is 3. The van der Waals surface area contributed by atoms with Gasteiger partial charge in [0.05, 0.1) is 16.6 Å². The maximum atomic E-state index is 12.5. The van der Waals surface area contributed by atoms with Crippen molar-refractivity contribution in [2.45, 2.75) is 31.2 Å². The van der Waals surface area contributed by atoms with E-state index < -0.39 is 24.3 Å². The van der Waals surface area contributed by atoms with Gasteiger partial charge in [-0.1, -0.05) is 23.2 Å². The Morgan fingerprint density at radius 3 is 2.24 bits per heavy atom. The van der Waals surface area contributed by atoms with E-state index in [-0.39, 0.29) is 41.7 Å². The number of amides is 2. The Morgan fingerprint density at radius 1 is 1.21 bits per heavy atom. The average Bonchev–Trinajstić information content (AvgIpc) is 2.76. The van der Waals surface area contributed by atoms with Gasteiger partial charge in [0.2, 0.25) is 5.91 Å². The molecule has 2 aliphatic heterocycles. The number of phenols is 1. The summed E-state index contributed by atoms with van der Waals surface area (Å²) < 4.78 is 37.0. The number of carbonyl (C=O) groups excluding carboxylic acids is 2. The van der Waals surface area contributed by atoms with Crippen LogP contribution in [-0.4, -0.2) is 71.4 Å². The number of nitrogens with two attached hydrogens (primary N) is 1. The number of morpholine rings is 1. The minimum absolute atomic E-state index is 0.0248. The van der Waals surface area contributed by atoms with Gasteiger partial charge in [0.15, 0.2) is 6.10 Å². The van der Waals surface area contributed by atoms with Crippen LogP contribution >= 0.6 is 23.2 Å². The zero-order chi connectivity index (χ0) is 24.9.